The third-order valence-corrected chi connectivity index (χ3v) is 2.06. The van der Waals surface area contributed by atoms with E-state index in [9.17, 15) is 41.3 Å². The van der Waals surface area contributed by atoms with Gasteiger partial charge in [0.1, 0.15) is 5.78 Å². The van der Waals surface area contributed by atoms with E-state index in [2.05, 4.69) is 5.73 Å². The maximum absolute atomic E-state index is 11.6. The second-order valence-corrected chi connectivity index (χ2v) is 5.90. The van der Waals surface area contributed by atoms with Gasteiger partial charge in [0.2, 0.25) is 12.1 Å². The molecule has 0 heterocycles. The van der Waals surface area contributed by atoms with Gasteiger partial charge in [0.15, 0.2) is 12.6 Å². The smallest absolute Gasteiger partial charge is 0.870 e. The molecule has 0 saturated carbocycles. The summed E-state index contributed by atoms with van der Waals surface area (Å²) in [6.07, 6.45) is -9.58. The van der Waals surface area contributed by atoms with Gasteiger partial charge in [-0.05, 0) is 34.6 Å². The van der Waals surface area contributed by atoms with Crippen LogP contribution in [-0.2, 0) is 4.79 Å². The number of Topliss-reactive ketones (excluding diaryl/α,β-unsaturated/α-hetero) is 1. The van der Waals surface area contributed by atoms with Gasteiger partial charge < -0.3 is 31.3 Å². The molecule has 0 aliphatic heterocycles. The van der Waals surface area contributed by atoms with Crippen molar-refractivity contribution in [2.45, 2.75) is 65.6 Å². The number of nitrogens with two attached hydrogens (primary N) is 1. The maximum atomic E-state index is 11.6. The first-order chi connectivity index (χ1) is 13.4. The number of nitrogens with zero attached hydrogens (tertiary/aromatic N) is 2. The predicted molar refractivity (Wildman–Crippen MR) is 105 cm³/mol. The molecular formula is C15H34F6LiN3O9. The van der Waals surface area contributed by atoms with E-state index in [1.807, 2.05) is 0 Å². The van der Waals surface area contributed by atoms with E-state index in [-0.39, 0.29) is 44.2 Å². The van der Waals surface area contributed by atoms with Crippen LogP contribution in [0.3, 0.4) is 0 Å². The quantitative estimate of drug-likeness (QED) is 0.150. The third kappa shape index (κ3) is 44.2. The van der Waals surface area contributed by atoms with Crippen LogP contribution in [0.5, 0.6) is 0 Å². The molecule has 0 aromatic carbocycles. The minimum Gasteiger partial charge on any atom is -0.870 e. The van der Waals surface area contributed by atoms with Crippen molar-refractivity contribution in [3.05, 3.63) is 20.2 Å². The zero-order valence-electron chi connectivity index (χ0n) is 19.2. The molecule has 0 aliphatic rings. The molecule has 0 fully saturated rings. The van der Waals surface area contributed by atoms with Gasteiger partial charge in [0.25, 0.3) is 0 Å². The fourth-order valence-corrected chi connectivity index (χ4v) is 0.457. The molecule has 19 heteroatoms. The molecule has 0 spiro atoms. The number of nitro groups is 2. The standard InChI is InChI=1S/C4H6F3NO3.C4H8F3NO.C3H6O.C2H6O.CH3NO2.CH4.Li.H2O/c1-3(9,2-8(10)11)4(5,6)7;1-3(9,2-8)4(5,6)7;1-3(2)4;1-2-3;1-2(3)4;;;/h9H,2H2,1H3;9H,2,8H2,1H3;1-2H3;3H,2H2,1H3;1H3;1H4;;1H2/q;;;;;;+1;/p-1. The fourth-order valence-electron chi connectivity index (χ4n) is 0.457. The molecule has 0 aliphatic carbocycles. The van der Waals surface area contributed by atoms with Crippen LogP contribution in [0.25, 0.3) is 0 Å². The topological polar surface area (TPSA) is 220 Å². The Morgan fingerprint density at radius 1 is 0.941 bits per heavy atom. The predicted octanol–water partition coefficient (Wildman–Crippen LogP) is -1.22. The number of alkyl halides is 6. The van der Waals surface area contributed by atoms with Gasteiger partial charge in [-0.3, -0.25) is 20.2 Å². The maximum Gasteiger partial charge on any atom is 1.00 e. The van der Waals surface area contributed by atoms with Crippen molar-refractivity contribution < 1.29 is 80.6 Å². The number of carbonyl (C=O) groups excluding carboxylic acids is 1. The van der Waals surface area contributed by atoms with E-state index in [4.69, 9.17) is 25.4 Å². The number of aliphatic hydroxyl groups excluding tert-OH is 1. The molecule has 0 rings (SSSR count). The molecule has 6 N–H and O–H groups in total. The summed E-state index contributed by atoms with van der Waals surface area (Å²) >= 11 is 0. The number of halogens is 6. The molecular weight excluding hydrogens is 487 g/mol. The van der Waals surface area contributed by atoms with Crippen LogP contribution in [0.1, 0.15) is 42.0 Å². The largest absolute Gasteiger partial charge is 1.00 e. The Kier molecular flexibility index (Phi) is 38.8. The summed E-state index contributed by atoms with van der Waals surface area (Å²) in [5.74, 6) is 0.167. The van der Waals surface area contributed by atoms with Crippen molar-refractivity contribution in [2.24, 2.45) is 5.73 Å². The van der Waals surface area contributed by atoms with E-state index in [1.165, 1.54) is 13.8 Å². The first-order valence-electron chi connectivity index (χ1n) is 7.92. The average Bonchev–Trinajstić information content (AvgIpc) is 2.43. The van der Waals surface area contributed by atoms with Crippen LogP contribution in [0.15, 0.2) is 0 Å². The first-order valence-corrected chi connectivity index (χ1v) is 7.92. The Balaban J connectivity index is -0.0000000442. The second kappa shape index (κ2) is 24.6. The molecule has 2 unspecified atom stereocenters. The number of carbonyl (C=O) groups is 1. The van der Waals surface area contributed by atoms with Gasteiger partial charge in [0, 0.05) is 23.0 Å². The Bertz CT molecular complexity index is 501. The first kappa shape index (κ1) is 53.7. The number of hydrogen-bond acceptors (Lipinski definition) is 10. The Labute approximate surface area is 205 Å². The van der Waals surface area contributed by atoms with E-state index in [0.29, 0.717) is 13.8 Å². The Hall–Kier alpha value is -1.55. The fraction of sp³-hybridized carbons (Fsp3) is 0.933. The van der Waals surface area contributed by atoms with Crippen molar-refractivity contribution >= 4 is 5.78 Å². The number of hydrogen-bond donors (Lipinski definition) is 4. The monoisotopic (exact) mass is 521 g/mol. The van der Waals surface area contributed by atoms with Crippen LogP contribution in [0.2, 0.25) is 0 Å². The van der Waals surface area contributed by atoms with Crippen molar-refractivity contribution in [3.63, 3.8) is 0 Å². The number of aliphatic hydroxyl groups is 3. The van der Waals surface area contributed by atoms with Crippen LogP contribution in [0.4, 0.5) is 26.3 Å². The van der Waals surface area contributed by atoms with Crippen molar-refractivity contribution in [2.75, 3.05) is 26.7 Å². The van der Waals surface area contributed by atoms with Crippen LogP contribution in [0, 0.1) is 20.2 Å². The van der Waals surface area contributed by atoms with Gasteiger partial charge in [-0.25, -0.2) is 0 Å². The summed E-state index contributed by atoms with van der Waals surface area (Å²) in [5, 5.41) is 42.8. The van der Waals surface area contributed by atoms with Crippen LogP contribution >= 0.6 is 0 Å². The summed E-state index contributed by atoms with van der Waals surface area (Å²) in [7, 11) is 0.889. The molecule has 0 amide bonds. The van der Waals surface area contributed by atoms with E-state index >= 15 is 0 Å². The molecule has 34 heavy (non-hydrogen) atoms. The molecule has 0 bridgehead atoms. The van der Waals surface area contributed by atoms with Crippen molar-refractivity contribution in [3.8, 4) is 0 Å². The summed E-state index contributed by atoms with van der Waals surface area (Å²) < 4.78 is 69.4. The van der Waals surface area contributed by atoms with Gasteiger partial charge in [0.05, 0.1) is 0 Å². The van der Waals surface area contributed by atoms with Gasteiger partial charge in [-0.1, -0.05) is 7.43 Å². The normalized spacial score (nSPS) is 12.8. The molecule has 206 valence electrons. The molecule has 0 aromatic rings. The second-order valence-electron chi connectivity index (χ2n) is 5.90. The number of rotatable bonds is 3. The zero-order chi connectivity index (χ0) is 26.9. The summed E-state index contributed by atoms with van der Waals surface area (Å²) in [5.41, 5.74) is -1.36. The van der Waals surface area contributed by atoms with Crippen molar-refractivity contribution in [1.82, 2.24) is 0 Å². The van der Waals surface area contributed by atoms with Gasteiger partial charge in [-0.2, -0.15) is 26.3 Å². The van der Waals surface area contributed by atoms with E-state index in [1.54, 1.807) is 6.92 Å². The Morgan fingerprint density at radius 3 is 1.15 bits per heavy atom. The zero-order valence-corrected chi connectivity index (χ0v) is 19.2. The van der Waals surface area contributed by atoms with Crippen LogP contribution in [-0.4, -0.2) is 86.7 Å². The summed E-state index contributed by atoms with van der Waals surface area (Å²) in [4.78, 5) is 26.1. The molecule has 0 saturated heterocycles. The Morgan fingerprint density at radius 2 is 1.12 bits per heavy atom. The van der Waals surface area contributed by atoms with Crippen LogP contribution < -0.4 is 24.6 Å². The van der Waals surface area contributed by atoms with E-state index in [0.717, 1.165) is 7.05 Å². The van der Waals surface area contributed by atoms with Crippen molar-refractivity contribution in [1.29, 1.82) is 0 Å². The van der Waals surface area contributed by atoms with Gasteiger partial charge >= 0.3 is 31.2 Å². The third-order valence-electron chi connectivity index (χ3n) is 2.06. The average molecular weight is 521 g/mol. The minimum absolute atomic E-state index is 0. The SMILES string of the molecule is C.CC(C)=O.CC(O)(CN)C(F)(F)F.CC(O)(C[N+](=O)[O-])C(F)(F)F.CCO.C[N+](=O)[O-].[Li+].[OH-]. The summed E-state index contributed by atoms with van der Waals surface area (Å²) in [6.45, 7) is 3.63. The van der Waals surface area contributed by atoms with Gasteiger partial charge in [-0.15, -0.1) is 0 Å². The molecule has 0 aromatic heterocycles. The number of ketones is 1. The molecule has 12 nitrogen and oxygen atoms in total. The minimum atomic E-state index is -4.96. The summed E-state index contributed by atoms with van der Waals surface area (Å²) in [6, 6.07) is 0. The molecule has 0 radical (unpaired) electrons. The van der Waals surface area contributed by atoms with E-state index < -0.39 is 46.5 Å². The molecule has 2 atom stereocenters.